The maximum absolute atomic E-state index is 12.6. The van der Waals surface area contributed by atoms with Crippen LogP contribution in [0.2, 0.25) is 0 Å². The molecule has 0 saturated carbocycles. The summed E-state index contributed by atoms with van der Waals surface area (Å²) in [5.74, 6) is 0.574. The highest BCUT2D eigenvalue weighted by atomic mass is 32.2. The highest BCUT2D eigenvalue weighted by molar-refractivity contribution is 7.86. The largest absolute Gasteiger partial charge is 0.319 e. The molecule has 7 heteroatoms. The van der Waals surface area contributed by atoms with Crippen molar-refractivity contribution < 1.29 is 8.42 Å². The number of nitrogens with zero attached hydrogens (tertiary/aromatic N) is 3. The van der Waals surface area contributed by atoms with E-state index in [9.17, 15) is 8.42 Å². The molecule has 118 valence electrons. The molecule has 0 spiro atoms. The second-order valence-corrected chi connectivity index (χ2v) is 7.56. The number of pyridine rings is 1. The Bertz CT molecular complexity index is 527. The zero-order valence-corrected chi connectivity index (χ0v) is 13.5. The monoisotopic (exact) mass is 312 g/mol. The van der Waals surface area contributed by atoms with Crippen molar-refractivity contribution in [3.8, 4) is 0 Å². The smallest absolute Gasteiger partial charge is 0.282 e. The molecule has 6 nitrogen and oxygen atoms in total. The lowest BCUT2D eigenvalue weighted by Crippen LogP contribution is -2.46. The first kappa shape index (κ1) is 16.4. The van der Waals surface area contributed by atoms with Crippen molar-refractivity contribution in [2.24, 2.45) is 5.92 Å². The van der Waals surface area contributed by atoms with E-state index in [4.69, 9.17) is 0 Å². The van der Waals surface area contributed by atoms with E-state index in [1.807, 2.05) is 19.2 Å². The van der Waals surface area contributed by atoms with E-state index in [0.29, 0.717) is 25.6 Å². The lowest BCUT2D eigenvalue weighted by Gasteiger charge is -2.33. The highest BCUT2D eigenvalue weighted by Gasteiger charge is 2.30. The van der Waals surface area contributed by atoms with Crippen LogP contribution in [0.4, 0.5) is 0 Å². The molecule has 0 amide bonds. The van der Waals surface area contributed by atoms with Gasteiger partial charge >= 0.3 is 0 Å². The molecular formula is C14H24N4O2S. The van der Waals surface area contributed by atoms with Crippen molar-refractivity contribution in [3.05, 3.63) is 30.1 Å². The molecule has 1 aliphatic rings. The first-order valence-electron chi connectivity index (χ1n) is 7.29. The van der Waals surface area contributed by atoms with Gasteiger partial charge in [0.15, 0.2) is 0 Å². The quantitative estimate of drug-likeness (QED) is 0.839. The van der Waals surface area contributed by atoms with Gasteiger partial charge in [-0.2, -0.15) is 17.0 Å². The average Bonchev–Trinajstić information content (AvgIpc) is 2.49. The molecule has 2 rings (SSSR count). The summed E-state index contributed by atoms with van der Waals surface area (Å²) in [4.78, 5) is 4.02. The Hall–Kier alpha value is -1.02. The van der Waals surface area contributed by atoms with Gasteiger partial charge in [-0.15, -0.1) is 0 Å². The Morgan fingerprint density at radius 1 is 1.43 bits per heavy atom. The maximum atomic E-state index is 12.6. The summed E-state index contributed by atoms with van der Waals surface area (Å²) in [7, 11) is 0.182. The van der Waals surface area contributed by atoms with Crippen molar-refractivity contribution in [1.29, 1.82) is 0 Å². The Morgan fingerprint density at radius 2 is 2.14 bits per heavy atom. The SMILES string of the molecule is CNCC1CCN(S(=O)(=O)N(C)Cc2cccnc2)CC1. The normalized spacial score (nSPS) is 18.2. The first-order chi connectivity index (χ1) is 10.0. The molecular weight excluding hydrogens is 288 g/mol. The van der Waals surface area contributed by atoms with Crippen molar-refractivity contribution in [1.82, 2.24) is 18.9 Å². The van der Waals surface area contributed by atoms with Gasteiger partial charge in [0.05, 0.1) is 0 Å². The second kappa shape index (κ2) is 7.31. The maximum Gasteiger partial charge on any atom is 0.282 e. The molecule has 0 unspecified atom stereocenters. The second-order valence-electron chi connectivity index (χ2n) is 5.53. The van der Waals surface area contributed by atoms with Gasteiger partial charge < -0.3 is 5.32 Å². The standard InChI is InChI=1S/C14H24N4O2S/c1-15-10-13-5-8-18(9-6-13)21(19,20)17(2)12-14-4-3-7-16-11-14/h3-4,7,11,13,15H,5-6,8-10,12H2,1-2H3. The van der Waals surface area contributed by atoms with Crippen molar-refractivity contribution in [3.63, 3.8) is 0 Å². The van der Waals surface area contributed by atoms with Crippen LogP contribution in [0.25, 0.3) is 0 Å². The summed E-state index contributed by atoms with van der Waals surface area (Å²) in [5, 5.41) is 3.16. The van der Waals surface area contributed by atoms with Crippen LogP contribution in [-0.2, 0) is 16.8 Å². The number of rotatable bonds is 6. The number of aromatic nitrogens is 1. The minimum atomic E-state index is -3.38. The zero-order chi connectivity index (χ0) is 15.3. The fourth-order valence-electron chi connectivity index (χ4n) is 2.66. The van der Waals surface area contributed by atoms with E-state index in [2.05, 4.69) is 10.3 Å². The van der Waals surface area contributed by atoms with E-state index in [0.717, 1.165) is 24.9 Å². The van der Waals surface area contributed by atoms with Crippen LogP contribution in [0, 0.1) is 5.92 Å². The van der Waals surface area contributed by atoms with E-state index in [1.165, 1.54) is 4.31 Å². The molecule has 1 saturated heterocycles. The van der Waals surface area contributed by atoms with Gasteiger partial charge in [-0.25, -0.2) is 0 Å². The fraction of sp³-hybridized carbons (Fsp3) is 0.643. The summed E-state index contributed by atoms with van der Waals surface area (Å²) in [6, 6.07) is 3.71. The molecule has 21 heavy (non-hydrogen) atoms. The zero-order valence-electron chi connectivity index (χ0n) is 12.7. The first-order valence-corrected chi connectivity index (χ1v) is 8.68. The van der Waals surface area contributed by atoms with Crippen LogP contribution in [0.15, 0.2) is 24.5 Å². The van der Waals surface area contributed by atoms with Crippen molar-refractivity contribution >= 4 is 10.2 Å². The number of piperidine rings is 1. The van der Waals surface area contributed by atoms with E-state index < -0.39 is 10.2 Å². The van der Waals surface area contributed by atoms with Crippen LogP contribution in [-0.4, -0.2) is 55.7 Å². The minimum Gasteiger partial charge on any atom is -0.319 e. The van der Waals surface area contributed by atoms with Crippen LogP contribution in [0.1, 0.15) is 18.4 Å². The van der Waals surface area contributed by atoms with E-state index in [-0.39, 0.29) is 0 Å². The van der Waals surface area contributed by atoms with Gasteiger partial charge in [0.1, 0.15) is 0 Å². The van der Waals surface area contributed by atoms with Gasteiger partial charge in [0, 0.05) is 39.1 Å². The summed E-state index contributed by atoms with van der Waals surface area (Å²) in [6.07, 6.45) is 5.22. The Labute approximate surface area is 127 Å². The average molecular weight is 312 g/mol. The fourth-order valence-corrected chi connectivity index (χ4v) is 4.04. The molecule has 0 radical (unpaired) electrons. The number of nitrogens with one attached hydrogen (secondary N) is 1. The summed E-state index contributed by atoms with van der Waals surface area (Å²) < 4.78 is 28.1. The lowest BCUT2D eigenvalue weighted by atomic mass is 9.98. The molecule has 0 aliphatic carbocycles. The van der Waals surface area contributed by atoms with Crippen molar-refractivity contribution in [2.45, 2.75) is 19.4 Å². The van der Waals surface area contributed by atoms with Gasteiger partial charge in [-0.1, -0.05) is 6.07 Å². The van der Waals surface area contributed by atoms with Crippen molar-refractivity contribution in [2.75, 3.05) is 33.7 Å². The molecule has 0 bridgehead atoms. The predicted octanol–water partition coefficient (Wildman–Crippen LogP) is 0.690. The Morgan fingerprint density at radius 3 is 2.71 bits per heavy atom. The highest BCUT2D eigenvalue weighted by Crippen LogP contribution is 2.21. The lowest BCUT2D eigenvalue weighted by molar-refractivity contribution is 0.255. The van der Waals surface area contributed by atoms with Gasteiger partial charge in [0.2, 0.25) is 0 Å². The third-order valence-electron chi connectivity index (χ3n) is 3.91. The molecule has 1 N–H and O–H groups in total. The van der Waals surface area contributed by atoms with Crippen LogP contribution < -0.4 is 5.32 Å². The summed E-state index contributed by atoms with van der Waals surface area (Å²) in [5.41, 5.74) is 0.897. The Kier molecular flexibility index (Phi) is 5.69. The molecule has 1 aromatic heterocycles. The predicted molar refractivity (Wildman–Crippen MR) is 82.8 cm³/mol. The van der Waals surface area contributed by atoms with E-state index >= 15 is 0 Å². The molecule has 1 fully saturated rings. The molecule has 0 atom stereocenters. The van der Waals surface area contributed by atoms with Crippen LogP contribution in [0.3, 0.4) is 0 Å². The van der Waals surface area contributed by atoms with Crippen LogP contribution >= 0.6 is 0 Å². The topological polar surface area (TPSA) is 65.5 Å². The third-order valence-corrected chi connectivity index (χ3v) is 5.85. The van der Waals surface area contributed by atoms with Gasteiger partial charge in [-0.3, -0.25) is 4.98 Å². The van der Waals surface area contributed by atoms with Gasteiger partial charge in [0.25, 0.3) is 10.2 Å². The molecule has 1 aromatic rings. The summed E-state index contributed by atoms with van der Waals surface area (Å²) >= 11 is 0. The third kappa shape index (κ3) is 4.23. The van der Waals surface area contributed by atoms with E-state index in [1.54, 1.807) is 23.7 Å². The minimum absolute atomic E-state index is 0.354. The molecule has 2 heterocycles. The Balaban J connectivity index is 1.95. The molecule has 1 aliphatic heterocycles. The molecule has 0 aromatic carbocycles. The van der Waals surface area contributed by atoms with Crippen LogP contribution in [0.5, 0.6) is 0 Å². The number of hydrogen-bond acceptors (Lipinski definition) is 4. The number of hydrogen-bond donors (Lipinski definition) is 1. The van der Waals surface area contributed by atoms with Gasteiger partial charge in [-0.05, 0) is 44.0 Å². The summed E-state index contributed by atoms with van der Waals surface area (Å²) in [6.45, 7) is 2.52.